The maximum atomic E-state index is 10.9. The van der Waals surface area contributed by atoms with Crippen LogP contribution in [0.25, 0.3) is 0 Å². The van der Waals surface area contributed by atoms with Gasteiger partial charge in [0.05, 0.1) is 29.4 Å². The molecule has 0 bridgehead atoms. The quantitative estimate of drug-likeness (QED) is 0.629. The highest BCUT2D eigenvalue weighted by atomic mass is 35.5. The first kappa shape index (κ1) is 16.1. The Morgan fingerprint density at radius 2 is 2.09 bits per heavy atom. The summed E-state index contributed by atoms with van der Waals surface area (Å²) >= 11 is 6.09. The van der Waals surface area contributed by atoms with Crippen LogP contribution in [0.15, 0.2) is 36.4 Å². The summed E-state index contributed by atoms with van der Waals surface area (Å²) in [5, 5.41) is 23.6. The van der Waals surface area contributed by atoms with Crippen LogP contribution in [-0.2, 0) is 13.2 Å². The molecule has 0 saturated carbocycles. The third-order valence-electron chi connectivity index (χ3n) is 3.16. The zero-order chi connectivity index (χ0) is 16.1. The molecule has 0 aliphatic heterocycles. The van der Waals surface area contributed by atoms with E-state index in [0.29, 0.717) is 28.6 Å². The van der Waals surface area contributed by atoms with Crippen LogP contribution in [0.5, 0.6) is 5.75 Å². The number of aliphatic hydroxyl groups excluding tert-OH is 1. The van der Waals surface area contributed by atoms with E-state index in [4.69, 9.17) is 21.4 Å². The van der Waals surface area contributed by atoms with Gasteiger partial charge in [-0.2, -0.15) is 0 Å². The van der Waals surface area contributed by atoms with E-state index in [2.05, 4.69) is 5.32 Å². The van der Waals surface area contributed by atoms with Gasteiger partial charge in [-0.15, -0.1) is 0 Å². The first-order valence-electron chi connectivity index (χ1n) is 6.49. The van der Waals surface area contributed by atoms with Gasteiger partial charge in [-0.05, 0) is 23.8 Å². The first-order chi connectivity index (χ1) is 10.5. The topological polar surface area (TPSA) is 84.6 Å². The number of benzene rings is 2. The SMILES string of the molecule is COc1ccc([N+](=O)[O-])cc1CNc1cc(CO)ccc1Cl. The van der Waals surface area contributed by atoms with Crippen LogP contribution in [0.4, 0.5) is 11.4 Å². The second kappa shape index (κ2) is 7.11. The summed E-state index contributed by atoms with van der Waals surface area (Å²) in [4.78, 5) is 10.4. The van der Waals surface area contributed by atoms with Gasteiger partial charge in [0.1, 0.15) is 5.75 Å². The van der Waals surface area contributed by atoms with E-state index in [0.717, 1.165) is 5.56 Å². The Balaban J connectivity index is 2.23. The molecule has 0 fully saturated rings. The fourth-order valence-corrected chi connectivity index (χ4v) is 2.20. The van der Waals surface area contributed by atoms with Crippen molar-refractivity contribution in [1.82, 2.24) is 0 Å². The molecule has 7 heteroatoms. The van der Waals surface area contributed by atoms with Crippen LogP contribution in [0, 0.1) is 10.1 Å². The van der Waals surface area contributed by atoms with Crippen molar-refractivity contribution in [2.45, 2.75) is 13.2 Å². The molecule has 0 aliphatic carbocycles. The molecule has 0 atom stereocenters. The molecule has 0 unspecified atom stereocenters. The number of methoxy groups -OCH3 is 1. The predicted octanol–water partition coefficient (Wildman–Crippen LogP) is 3.36. The lowest BCUT2D eigenvalue weighted by Crippen LogP contribution is -2.03. The Hall–Kier alpha value is -2.31. The summed E-state index contributed by atoms with van der Waals surface area (Å²) in [5.74, 6) is 0.549. The highest BCUT2D eigenvalue weighted by Crippen LogP contribution is 2.27. The Morgan fingerprint density at radius 1 is 1.32 bits per heavy atom. The molecule has 0 saturated heterocycles. The lowest BCUT2D eigenvalue weighted by atomic mass is 10.1. The van der Waals surface area contributed by atoms with Gasteiger partial charge in [0.15, 0.2) is 0 Å². The molecule has 0 aliphatic rings. The molecule has 2 N–H and O–H groups in total. The number of nitrogens with zero attached hydrogens (tertiary/aromatic N) is 1. The number of hydrogen-bond donors (Lipinski definition) is 2. The minimum atomic E-state index is -0.456. The van der Waals surface area contributed by atoms with Crippen molar-refractivity contribution < 1.29 is 14.8 Å². The number of halogens is 1. The van der Waals surface area contributed by atoms with Crippen LogP contribution in [-0.4, -0.2) is 17.1 Å². The lowest BCUT2D eigenvalue weighted by molar-refractivity contribution is -0.384. The number of nitro benzene ring substituents is 1. The molecular weight excluding hydrogens is 308 g/mol. The number of rotatable bonds is 6. The molecule has 6 nitrogen and oxygen atoms in total. The van der Waals surface area contributed by atoms with Crippen LogP contribution in [0.2, 0.25) is 5.02 Å². The number of aliphatic hydroxyl groups is 1. The van der Waals surface area contributed by atoms with Crippen LogP contribution < -0.4 is 10.1 Å². The monoisotopic (exact) mass is 322 g/mol. The molecule has 0 spiro atoms. The summed E-state index contributed by atoms with van der Waals surface area (Å²) in [6, 6.07) is 9.53. The van der Waals surface area contributed by atoms with Crippen LogP contribution in [0.3, 0.4) is 0 Å². The van der Waals surface area contributed by atoms with Crippen molar-refractivity contribution in [2.75, 3.05) is 12.4 Å². The van der Waals surface area contributed by atoms with Crippen LogP contribution >= 0.6 is 11.6 Å². The fourth-order valence-electron chi connectivity index (χ4n) is 2.01. The number of anilines is 1. The third-order valence-corrected chi connectivity index (χ3v) is 3.49. The standard InChI is InChI=1S/C15H15ClN2O4/c1-22-15-5-3-12(18(20)21)7-11(15)8-17-14-6-10(9-19)2-4-13(14)16/h2-7,17,19H,8-9H2,1H3. The minimum Gasteiger partial charge on any atom is -0.496 e. The molecule has 2 aromatic carbocycles. The molecule has 0 heterocycles. The van der Waals surface area contributed by atoms with Crippen molar-refractivity contribution in [3.05, 3.63) is 62.7 Å². The van der Waals surface area contributed by atoms with Gasteiger partial charge in [-0.1, -0.05) is 17.7 Å². The maximum absolute atomic E-state index is 10.9. The van der Waals surface area contributed by atoms with Crippen molar-refractivity contribution in [2.24, 2.45) is 0 Å². The minimum absolute atomic E-state index is 0.00666. The fraction of sp³-hybridized carbons (Fsp3) is 0.200. The number of ether oxygens (including phenoxy) is 1. The van der Waals surface area contributed by atoms with E-state index in [1.54, 1.807) is 24.3 Å². The summed E-state index contributed by atoms with van der Waals surface area (Å²) < 4.78 is 5.21. The van der Waals surface area contributed by atoms with Gasteiger partial charge in [0.2, 0.25) is 0 Å². The molecule has 22 heavy (non-hydrogen) atoms. The smallest absolute Gasteiger partial charge is 0.270 e. The van der Waals surface area contributed by atoms with Gasteiger partial charge in [0, 0.05) is 24.2 Å². The van der Waals surface area contributed by atoms with Crippen molar-refractivity contribution in [3.63, 3.8) is 0 Å². The predicted molar refractivity (Wildman–Crippen MR) is 84.3 cm³/mol. The van der Waals surface area contributed by atoms with Gasteiger partial charge in [0.25, 0.3) is 5.69 Å². The molecule has 2 rings (SSSR count). The number of nitro groups is 1. The molecule has 2 aromatic rings. The van der Waals surface area contributed by atoms with Gasteiger partial charge < -0.3 is 15.2 Å². The molecule has 0 amide bonds. The Labute approximate surface area is 132 Å². The van der Waals surface area contributed by atoms with E-state index in [1.807, 2.05) is 0 Å². The highest BCUT2D eigenvalue weighted by molar-refractivity contribution is 6.33. The molecule has 0 aromatic heterocycles. The zero-order valence-electron chi connectivity index (χ0n) is 11.9. The third kappa shape index (κ3) is 3.66. The Bertz CT molecular complexity index is 691. The average Bonchev–Trinajstić information content (AvgIpc) is 2.53. The maximum Gasteiger partial charge on any atom is 0.270 e. The van der Waals surface area contributed by atoms with E-state index < -0.39 is 4.92 Å². The zero-order valence-corrected chi connectivity index (χ0v) is 12.6. The first-order valence-corrected chi connectivity index (χ1v) is 6.87. The molecule has 116 valence electrons. The van der Waals surface area contributed by atoms with Crippen molar-refractivity contribution in [1.29, 1.82) is 0 Å². The summed E-state index contributed by atoms with van der Waals surface area (Å²) in [7, 11) is 1.50. The Kier molecular flexibility index (Phi) is 5.19. The van der Waals surface area contributed by atoms with Crippen molar-refractivity contribution in [3.8, 4) is 5.75 Å². The highest BCUT2D eigenvalue weighted by Gasteiger charge is 2.12. The van der Waals surface area contributed by atoms with Crippen molar-refractivity contribution >= 4 is 23.0 Å². The summed E-state index contributed by atoms with van der Waals surface area (Å²) in [6.45, 7) is 0.214. The van der Waals surface area contributed by atoms with E-state index in [1.165, 1.54) is 19.2 Å². The second-order valence-corrected chi connectivity index (χ2v) is 4.99. The van der Waals surface area contributed by atoms with E-state index in [-0.39, 0.29) is 12.3 Å². The lowest BCUT2D eigenvalue weighted by Gasteiger charge is -2.12. The Morgan fingerprint density at radius 3 is 2.73 bits per heavy atom. The summed E-state index contributed by atoms with van der Waals surface area (Å²) in [5.41, 5.74) is 2.00. The van der Waals surface area contributed by atoms with Crippen LogP contribution in [0.1, 0.15) is 11.1 Å². The van der Waals surface area contributed by atoms with Gasteiger partial charge in [-0.3, -0.25) is 10.1 Å². The number of hydrogen-bond acceptors (Lipinski definition) is 5. The summed E-state index contributed by atoms with van der Waals surface area (Å²) in [6.07, 6.45) is 0. The largest absolute Gasteiger partial charge is 0.496 e. The number of non-ortho nitro benzene ring substituents is 1. The van der Waals surface area contributed by atoms with E-state index in [9.17, 15) is 10.1 Å². The average molecular weight is 323 g/mol. The number of nitrogens with one attached hydrogen (secondary N) is 1. The van der Waals surface area contributed by atoms with E-state index >= 15 is 0 Å². The molecule has 0 radical (unpaired) electrons. The van der Waals surface area contributed by atoms with Gasteiger partial charge in [-0.25, -0.2) is 0 Å². The normalized spacial score (nSPS) is 10.3. The van der Waals surface area contributed by atoms with Gasteiger partial charge >= 0.3 is 0 Å². The molecular formula is C15H15ClN2O4. The second-order valence-electron chi connectivity index (χ2n) is 4.58.